The van der Waals surface area contributed by atoms with Crippen molar-refractivity contribution < 1.29 is 35.4 Å². The van der Waals surface area contributed by atoms with Gasteiger partial charge in [0.05, 0.1) is 10.6 Å². The Morgan fingerprint density at radius 1 is 0.649 bits per heavy atom. The first-order valence-corrected chi connectivity index (χ1v) is 12.5. The van der Waals surface area contributed by atoms with Crippen molar-refractivity contribution in [3.05, 3.63) is 78.9 Å². The van der Waals surface area contributed by atoms with Crippen LogP contribution in [0, 0.1) is 0 Å². The molecular formula is C21H18N4Na2O8S2. The SMILES string of the molecule is O=S(=O)(O)c1ccc(Nc2nc(Oc3ccccc3)nc(Oc3ccccc3)n2)c(S(=O)(=O)O)c1.[NaH].[NaH]. The van der Waals surface area contributed by atoms with Gasteiger partial charge in [0.25, 0.3) is 20.2 Å². The third kappa shape index (κ3) is 8.71. The minimum absolute atomic E-state index is 0. The van der Waals surface area contributed by atoms with Crippen molar-refractivity contribution in [2.45, 2.75) is 9.79 Å². The van der Waals surface area contributed by atoms with E-state index in [9.17, 15) is 25.9 Å². The molecule has 0 radical (unpaired) electrons. The number of nitrogens with one attached hydrogen (secondary N) is 1. The van der Waals surface area contributed by atoms with Crippen molar-refractivity contribution in [1.82, 2.24) is 15.0 Å². The summed E-state index contributed by atoms with van der Waals surface area (Å²) >= 11 is 0. The van der Waals surface area contributed by atoms with Gasteiger partial charge in [-0.1, -0.05) is 36.4 Å². The van der Waals surface area contributed by atoms with E-state index in [0.717, 1.165) is 12.1 Å². The van der Waals surface area contributed by atoms with Gasteiger partial charge in [-0.3, -0.25) is 9.11 Å². The zero-order valence-electron chi connectivity index (χ0n) is 17.5. The van der Waals surface area contributed by atoms with Crippen LogP contribution in [0.5, 0.6) is 23.5 Å². The number of benzene rings is 3. The van der Waals surface area contributed by atoms with E-state index >= 15 is 0 Å². The topological polar surface area (TPSA) is 178 Å². The van der Waals surface area contributed by atoms with Crippen molar-refractivity contribution in [2.75, 3.05) is 5.32 Å². The fourth-order valence-electron chi connectivity index (χ4n) is 2.77. The van der Waals surface area contributed by atoms with Gasteiger partial charge >= 0.3 is 71.1 Å². The van der Waals surface area contributed by atoms with Crippen molar-refractivity contribution in [2.24, 2.45) is 0 Å². The number of nitrogens with zero attached hydrogens (tertiary/aromatic N) is 3. The van der Waals surface area contributed by atoms with Crippen LogP contribution in [0.3, 0.4) is 0 Å². The van der Waals surface area contributed by atoms with Crippen LogP contribution in [0.25, 0.3) is 0 Å². The standard InChI is InChI=1S/C21H16N4O8S2.2Na.2H/c26-34(27,28)16-11-12-17(18(13-16)35(29,30)31)22-19-23-20(32-14-7-3-1-4-8-14)25-21(24-19)33-15-9-5-2-6-10-15;;;;/h1-13H,(H,26,27,28)(H,29,30,31)(H,22,23,24,25);;;;. The summed E-state index contributed by atoms with van der Waals surface area (Å²) in [6, 6.07) is 19.2. The molecule has 4 aromatic rings. The second-order valence-electron chi connectivity index (χ2n) is 6.79. The monoisotopic (exact) mass is 564 g/mol. The average molecular weight is 565 g/mol. The third-order valence-electron chi connectivity index (χ3n) is 4.27. The van der Waals surface area contributed by atoms with Gasteiger partial charge in [0, 0.05) is 0 Å². The van der Waals surface area contributed by atoms with Gasteiger partial charge in [0.1, 0.15) is 16.4 Å². The van der Waals surface area contributed by atoms with Gasteiger partial charge in [-0.25, -0.2) is 0 Å². The van der Waals surface area contributed by atoms with E-state index < -0.39 is 30.0 Å². The van der Waals surface area contributed by atoms with Crippen LogP contribution in [0.15, 0.2) is 88.7 Å². The van der Waals surface area contributed by atoms with Gasteiger partial charge < -0.3 is 14.8 Å². The molecule has 16 heteroatoms. The van der Waals surface area contributed by atoms with E-state index in [0.29, 0.717) is 17.6 Å². The number of aromatic nitrogens is 3. The van der Waals surface area contributed by atoms with E-state index in [2.05, 4.69) is 20.3 Å². The van der Waals surface area contributed by atoms with Crippen LogP contribution in [0.1, 0.15) is 0 Å². The van der Waals surface area contributed by atoms with E-state index in [1.54, 1.807) is 60.7 Å². The molecule has 1 heterocycles. The summed E-state index contributed by atoms with van der Waals surface area (Å²) in [5, 5.41) is 2.57. The summed E-state index contributed by atoms with van der Waals surface area (Å²) in [7, 11) is -9.67. The van der Waals surface area contributed by atoms with E-state index in [1.165, 1.54) is 0 Å². The Labute approximate surface area is 256 Å². The van der Waals surface area contributed by atoms with Gasteiger partial charge in [0.2, 0.25) is 5.95 Å². The van der Waals surface area contributed by atoms with E-state index in [-0.39, 0.29) is 82.8 Å². The van der Waals surface area contributed by atoms with Gasteiger partial charge in [0.15, 0.2) is 0 Å². The number of hydrogen-bond acceptors (Lipinski definition) is 10. The normalized spacial score (nSPS) is 11.0. The van der Waals surface area contributed by atoms with Crippen LogP contribution in [-0.2, 0) is 20.2 Å². The Bertz CT molecular complexity index is 1520. The molecule has 0 spiro atoms. The summed E-state index contributed by atoms with van der Waals surface area (Å²) in [5.41, 5.74) is -0.289. The molecule has 0 saturated carbocycles. The van der Waals surface area contributed by atoms with Crippen LogP contribution < -0.4 is 14.8 Å². The van der Waals surface area contributed by atoms with Crippen molar-refractivity contribution in [1.29, 1.82) is 0 Å². The molecule has 12 nitrogen and oxygen atoms in total. The van der Waals surface area contributed by atoms with E-state index in [1.807, 2.05) is 0 Å². The van der Waals surface area contributed by atoms with Crippen LogP contribution in [0.2, 0.25) is 0 Å². The molecule has 3 N–H and O–H groups in total. The van der Waals surface area contributed by atoms with E-state index in [4.69, 9.17) is 9.47 Å². The summed E-state index contributed by atoms with van der Waals surface area (Å²) in [4.78, 5) is 10.7. The minimum atomic E-state index is -4.93. The van der Waals surface area contributed by atoms with Crippen molar-refractivity contribution >= 4 is 91.0 Å². The first-order chi connectivity index (χ1) is 16.6. The molecule has 3 aromatic carbocycles. The van der Waals surface area contributed by atoms with Gasteiger partial charge in [-0.2, -0.15) is 26.8 Å². The molecule has 1 aromatic heterocycles. The summed E-state index contributed by atoms with van der Waals surface area (Å²) in [6.45, 7) is 0. The summed E-state index contributed by atoms with van der Waals surface area (Å²) in [6.07, 6.45) is 0. The Kier molecular flexibility index (Phi) is 11.0. The third-order valence-corrected chi connectivity index (χ3v) is 6.02. The predicted octanol–water partition coefficient (Wildman–Crippen LogP) is 2.40. The molecule has 0 amide bonds. The summed E-state index contributed by atoms with van der Waals surface area (Å²) < 4.78 is 76.7. The second kappa shape index (κ2) is 13.1. The Hall–Kier alpha value is -2.11. The number of rotatable bonds is 8. The van der Waals surface area contributed by atoms with Crippen molar-refractivity contribution in [3.8, 4) is 23.5 Å². The molecule has 0 fully saturated rings. The Balaban J connectivity index is 0.00000241. The van der Waals surface area contributed by atoms with Gasteiger partial charge in [-0.05, 0) is 42.5 Å². The maximum absolute atomic E-state index is 11.9. The number of para-hydroxylation sites is 2. The first kappa shape index (κ1) is 31.1. The quantitative estimate of drug-likeness (QED) is 0.211. The summed E-state index contributed by atoms with van der Waals surface area (Å²) in [5.74, 6) is 0.541. The Morgan fingerprint density at radius 3 is 1.57 bits per heavy atom. The maximum atomic E-state index is 11.9. The molecule has 37 heavy (non-hydrogen) atoms. The Morgan fingerprint density at radius 2 is 1.14 bits per heavy atom. The molecule has 4 rings (SSSR count). The molecule has 184 valence electrons. The molecular weight excluding hydrogens is 546 g/mol. The average Bonchev–Trinajstić information content (AvgIpc) is 2.79. The zero-order chi connectivity index (χ0) is 25.1. The zero-order valence-corrected chi connectivity index (χ0v) is 19.1. The van der Waals surface area contributed by atoms with Crippen LogP contribution in [-0.4, -0.2) is 100 Å². The fourth-order valence-corrected chi connectivity index (χ4v) is 4.03. The number of anilines is 2. The molecule has 0 bridgehead atoms. The molecule has 0 saturated heterocycles. The van der Waals surface area contributed by atoms with Crippen LogP contribution in [0.4, 0.5) is 11.6 Å². The fraction of sp³-hybridized carbons (Fsp3) is 0. The van der Waals surface area contributed by atoms with Crippen LogP contribution >= 0.6 is 0 Å². The molecule has 0 unspecified atom stereocenters. The molecule has 0 atom stereocenters. The predicted molar refractivity (Wildman–Crippen MR) is 137 cm³/mol. The molecule has 0 aliphatic heterocycles. The molecule has 0 aliphatic carbocycles. The van der Waals surface area contributed by atoms with Crippen molar-refractivity contribution in [3.63, 3.8) is 0 Å². The first-order valence-electron chi connectivity index (χ1n) is 9.66. The second-order valence-corrected chi connectivity index (χ2v) is 9.60. The number of ether oxygens (including phenoxy) is 2. The van der Waals surface area contributed by atoms with Gasteiger partial charge in [-0.15, -0.1) is 4.98 Å². The molecule has 0 aliphatic rings. The number of hydrogen-bond donors (Lipinski definition) is 3.